The number of benzene rings is 1. The molecule has 0 spiro atoms. The summed E-state index contributed by atoms with van der Waals surface area (Å²) in [5, 5.41) is 9.44. The lowest BCUT2D eigenvalue weighted by molar-refractivity contribution is 0.0990. The Kier molecular flexibility index (Phi) is 3.81. The summed E-state index contributed by atoms with van der Waals surface area (Å²) in [5.74, 6) is -2.14. The van der Waals surface area contributed by atoms with Crippen LogP contribution in [0.2, 0.25) is 0 Å². The first kappa shape index (κ1) is 11.7. The molecule has 0 amide bonds. The number of thiocyanates is 1. The Bertz CT molecular complexity index is 428. The van der Waals surface area contributed by atoms with E-state index in [-0.39, 0.29) is 5.56 Å². The lowest BCUT2D eigenvalue weighted by Gasteiger charge is -2.06. The molecule has 1 aromatic rings. The van der Waals surface area contributed by atoms with Crippen molar-refractivity contribution < 1.29 is 13.6 Å². The third-order valence-electron chi connectivity index (χ3n) is 1.80. The highest BCUT2D eigenvalue weighted by atomic mass is 32.2. The molecule has 0 N–H and O–H groups in total. The summed E-state index contributed by atoms with van der Waals surface area (Å²) in [6.07, 6.45) is 0. The predicted octanol–water partition coefficient (Wildman–Crippen LogP) is 2.75. The van der Waals surface area contributed by atoms with Crippen LogP contribution in [0.25, 0.3) is 0 Å². The third-order valence-corrected chi connectivity index (χ3v) is 2.47. The number of hydrogen-bond donors (Lipinski definition) is 0. The molecule has 0 saturated heterocycles. The standard InChI is InChI=1S/C10H7F2NOS/c1-6(15-5-13)10(14)8-3-2-7(11)4-9(8)12/h2-4,6H,1H3. The van der Waals surface area contributed by atoms with E-state index in [1.54, 1.807) is 5.40 Å². The summed E-state index contributed by atoms with van der Waals surface area (Å²) in [4.78, 5) is 11.5. The van der Waals surface area contributed by atoms with Crippen molar-refractivity contribution in [2.45, 2.75) is 12.2 Å². The second-order valence-electron chi connectivity index (χ2n) is 2.84. The number of Topliss-reactive ketones (excluding diaryl/α,β-unsaturated/α-hetero) is 1. The molecule has 0 fully saturated rings. The summed E-state index contributed by atoms with van der Waals surface area (Å²) in [6.45, 7) is 1.50. The molecule has 1 rings (SSSR count). The van der Waals surface area contributed by atoms with Crippen LogP contribution in [0.5, 0.6) is 0 Å². The predicted molar refractivity (Wildman–Crippen MR) is 53.4 cm³/mol. The van der Waals surface area contributed by atoms with Crippen LogP contribution in [0.1, 0.15) is 17.3 Å². The summed E-state index contributed by atoms with van der Waals surface area (Å²) < 4.78 is 25.7. The monoisotopic (exact) mass is 227 g/mol. The van der Waals surface area contributed by atoms with Crippen LogP contribution < -0.4 is 0 Å². The Balaban J connectivity index is 2.97. The molecular formula is C10H7F2NOS. The number of carbonyl (C=O) groups is 1. The molecule has 78 valence electrons. The van der Waals surface area contributed by atoms with E-state index in [1.807, 2.05) is 0 Å². The fourth-order valence-electron chi connectivity index (χ4n) is 1.04. The molecule has 0 aromatic heterocycles. The van der Waals surface area contributed by atoms with Crippen molar-refractivity contribution in [3.63, 3.8) is 0 Å². The second-order valence-corrected chi connectivity index (χ2v) is 3.97. The van der Waals surface area contributed by atoms with Crippen molar-refractivity contribution in [3.8, 4) is 5.40 Å². The highest BCUT2D eigenvalue weighted by Crippen LogP contribution is 2.18. The number of thioether (sulfide) groups is 1. The van der Waals surface area contributed by atoms with Gasteiger partial charge in [0.1, 0.15) is 17.0 Å². The molecule has 0 radical (unpaired) electrons. The van der Waals surface area contributed by atoms with Crippen molar-refractivity contribution in [2.75, 3.05) is 0 Å². The third kappa shape index (κ3) is 2.77. The fourth-order valence-corrected chi connectivity index (χ4v) is 1.43. The highest BCUT2D eigenvalue weighted by Gasteiger charge is 2.19. The van der Waals surface area contributed by atoms with Crippen LogP contribution in [0, 0.1) is 22.3 Å². The zero-order valence-electron chi connectivity index (χ0n) is 7.83. The van der Waals surface area contributed by atoms with Gasteiger partial charge in [0.15, 0.2) is 5.78 Å². The molecule has 1 atom stereocenters. The molecule has 5 heteroatoms. The molecule has 0 bridgehead atoms. The van der Waals surface area contributed by atoms with Gasteiger partial charge < -0.3 is 0 Å². The quantitative estimate of drug-likeness (QED) is 0.589. The summed E-state index contributed by atoms with van der Waals surface area (Å²) in [7, 11) is 0. The fraction of sp³-hybridized carbons (Fsp3) is 0.200. The van der Waals surface area contributed by atoms with Crippen molar-refractivity contribution in [1.29, 1.82) is 5.26 Å². The second kappa shape index (κ2) is 4.89. The molecule has 2 nitrogen and oxygen atoms in total. The van der Waals surface area contributed by atoms with Gasteiger partial charge in [-0.3, -0.25) is 4.79 Å². The van der Waals surface area contributed by atoms with Gasteiger partial charge >= 0.3 is 0 Å². The van der Waals surface area contributed by atoms with E-state index in [9.17, 15) is 13.6 Å². The van der Waals surface area contributed by atoms with Gasteiger partial charge in [0.25, 0.3) is 0 Å². The molecule has 0 saturated carbocycles. The Morgan fingerprint density at radius 3 is 2.73 bits per heavy atom. The molecule has 0 aliphatic carbocycles. The van der Waals surface area contributed by atoms with E-state index in [2.05, 4.69) is 0 Å². The van der Waals surface area contributed by atoms with Gasteiger partial charge in [-0.15, -0.1) is 0 Å². The van der Waals surface area contributed by atoms with E-state index < -0.39 is 22.7 Å². The van der Waals surface area contributed by atoms with E-state index in [0.29, 0.717) is 6.07 Å². The van der Waals surface area contributed by atoms with Gasteiger partial charge in [0.2, 0.25) is 0 Å². The van der Waals surface area contributed by atoms with E-state index in [0.717, 1.165) is 23.9 Å². The number of halogens is 2. The van der Waals surface area contributed by atoms with E-state index >= 15 is 0 Å². The number of hydrogen-bond acceptors (Lipinski definition) is 3. The number of carbonyl (C=O) groups excluding carboxylic acids is 1. The maximum Gasteiger partial charge on any atom is 0.179 e. The largest absolute Gasteiger partial charge is 0.293 e. The first-order chi connectivity index (χ1) is 7.06. The molecule has 15 heavy (non-hydrogen) atoms. The van der Waals surface area contributed by atoms with Crippen LogP contribution >= 0.6 is 11.8 Å². The van der Waals surface area contributed by atoms with E-state index in [4.69, 9.17) is 5.26 Å². The molecule has 1 aromatic carbocycles. The Morgan fingerprint density at radius 2 is 2.20 bits per heavy atom. The normalized spacial score (nSPS) is 11.9. The van der Waals surface area contributed by atoms with Gasteiger partial charge in [-0.05, 0) is 30.8 Å². The van der Waals surface area contributed by atoms with Gasteiger partial charge in [-0.25, -0.2) is 8.78 Å². The van der Waals surface area contributed by atoms with Gasteiger partial charge in [-0.2, -0.15) is 5.26 Å². The molecule has 0 heterocycles. The van der Waals surface area contributed by atoms with Crippen molar-refractivity contribution >= 4 is 17.5 Å². The molecule has 0 aliphatic heterocycles. The zero-order chi connectivity index (χ0) is 11.4. The van der Waals surface area contributed by atoms with Crippen LogP contribution in [0.15, 0.2) is 18.2 Å². The molecular weight excluding hydrogens is 220 g/mol. The van der Waals surface area contributed by atoms with Gasteiger partial charge in [-0.1, -0.05) is 0 Å². The smallest absolute Gasteiger partial charge is 0.179 e. The maximum atomic E-state index is 13.1. The number of rotatable bonds is 3. The van der Waals surface area contributed by atoms with E-state index in [1.165, 1.54) is 6.92 Å². The number of nitrogens with zero attached hydrogens (tertiary/aromatic N) is 1. The van der Waals surface area contributed by atoms with Crippen LogP contribution in [-0.2, 0) is 0 Å². The van der Waals surface area contributed by atoms with Crippen molar-refractivity contribution in [3.05, 3.63) is 35.4 Å². The summed E-state index contributed by atoms with van der Waals surface area (Å²) >= 11 is 0.743. The van der Waals surface area contributed by atoms with Gasteiger partial charge in [0, 0.05) is 6.07 Å². The topological polar surface area (TPSA) is 40.9 Å². The first-order valence-electron chi connectivity index (χ1n) is 4.10. The molecule has 1 unspecified atom stereocenters. The lowest BCUT2D eigenvalue weighted by atomic mass is 10.1. The highest BCUT2D eigenvalue weighted by molar-refractivity contribution is 8.04. The Labute approximate surface area is 89.9 Å². The average Bonchev–Trinajstić information content (AvgIpc) is 2.17. The van der Waals surface area contributed by atoms with Crippen LogP contribution in [0.3, 0.4) is 0 Å². The van der Waals surface area contributed by atoms with Crippen LogP contribution in [0.4, 0.5) is 8.78 Å². The number of ketones is 1. The molecule has 0 aliphatic rings. The van der Waals surface area contributed by atoms with Gasteiger partial charge in [0.05, 0.1) is 10.8 Å². The zero-order valence-corrected chi connectivity index (χ0v) is 8.65. The van der Waals surface area contributed by atoms with Crippen LogP contribution in [-0.4, -0.2) is 11.0 Å². The first-order valence-corrected chi connectivity index (χ1v) is 4.98. The summed E-state index contributed by atoms with van der Waals surface area (Å²) in [5.41, 5.74) is -0.188. The lowest BCUT2D eigenvalue weighted by Crippen LogP contribution is -2.14. The number of nitriles is 1. The SMILES string of the molecule is CC(SC#N)C(=O)c1ccc(F)cc1F. The Hall–Kier alpha value is -1.41. The maximum absolute atomic E-state index is 13.1. The van der Waals surface area contributed by atoms with Crippen molar-refractivity contribution in [2.24, 2.45) is 0 Å². The minimum atomic E-state index is -0.898. The minimum absolute atomic E-state index is 0.188. The summed E-state index contributed by atoms with van der Waals surface area (Å²) in [6, 6.07) is 2.75. The van der Waals surface area contributed by atoms with Crippen molar-refractivity contribution in [1.82, 2.24) is 0 Å². The average molecular weight is 227 g/mol. The minimum Gasteiger partial charge on any atom is -0.293 e. The Morgan fingerprint density at radius 1 is 1.53 bits per heavy atom.